The van der Waals surface area contributed by atoms with Crippen LogP contribution in [0.15, 0.2) is 5.10 Å². The van der Waals surface area contributed by atoms with E-state index >= 15 is 0 Å². The molecule has 1 N–H and O–H groups in total. The zero-order valence-electron chi connectivity index (χ0n) is 13.5. The minimum Gasteiger partial charge on any atom is -0.304 e. The lowest BCUT2D eigenvalue weighted by Crippen LogP contribution is -2.54. The van der Waals surface area contributed by atoms with Crippen LogP contribution in [0.5, 0.6) is 0 Å². The molecule has 118 valence electrons. The minimum absolute atomic E-state index is 0.0565. The van der Waals surface area contributed by atoms with Crippen molar-refractivity contribution < 1.29 is 9.59 Å². The summed E-state index contributed by atoms with van der Waals surface area (Å²) in [4.78, 5) is 23.1. The van der Waals surface area contributed by atoms with Crippen molar-refractivity contribution in [1.29, 1.82) is 0 Å². The lowest BCUT2D eigenvalue weighted by atomic mass is 9.69. The number of carbonyl (C=O) groups is 2. The number of hydrogen-bond donors (Lipinski definition) is 1. The molecule has 2 aliphatic rings. The summed E-state index contributed by atoms with van der Waals surface area (Å²) in [6, 6.07) is 0. The quantitative estimate of drug-likeness (QED) is 0.748. The molecule has 1 aliphatic heterocycles. The molecule has 0 aromatic heterocycles. The van der Waals surface area contributed by atoms with E-state index in [9.17, 15) is 9.59 Å². The maximum absolute atomic E-state index is 12.1. The van der Waals surface area contributed by atoms with Crippen LogP contribution in [0.1, 0.15) is 60.3 Å². The van der Waals surface area contributed by atoms with Gasteiger partial charge in [0, 0.05) is 13.8 Å². The Bertz CT molecular complexity index is 484. The fourth-order valence-corrected chi connectivity index (χ4v) is 5.32. The van der Waals surface area contributed by atoms with E-state index in [2.05, 4.69) is 31.2 Å². The van der Waals surface area contributed by atoms with E-state index in [1.165, 1.54) is 13.3 Å². The first-order valence-electron chi connectivity index (χ1n) is 7.53. The van der Waals surface area contributed by atoms with Crippen LogP contribution in [0.3, 0.4) is 0 Å². The van der Waals surface area contributed by atoms with Crippen molar-refractivity contribution >= 4 is 28.7 Å². The number of nitrogens with one attached hydrogen (secondary N) is 1. The van der Waals surface area contributed by atoms with Crippen LogP contribution < -0.4 is 5.32 Å². The maximum atomic E-state index is 12.1. The Morgan fingerprint density at radius 3 is 2.52 bits per heavy atom. The average Bonchev–Trinajstić information content (AvgIpc) is 2.66. The second-order valence-corrected chi connectivity index (χ2v) is 8.33. The highest BCUT2D eigenvalue weighted by atomic mass is 32.2. The van der Waals surface area contributed by atoms with Gasteiger partial charge in [-0.3, -0.25) is 9.59 Å². The molecule has 1 aliphatic carbocycles. The van der Waals surface area contributed by atoms with Crippen LogP contribution in [-0.4, -0.2) is 26.9 Å². The van der Waals surface area contributed by atoms with Gasteiger partial charge in [-0.15, -0.1) is 5.10 Å². The number of rotatable bonds is 0. The molecule has 1 spiro atoms. The predicted molar refractivity (Wildman–Crippen MR) is 85.5 cm³/mol. The molecule has 1 heterocycles. The number of hydrogen-bond acceptors (Lipinski definition) is 4. The van der Waals surface area contributed by atoms with Gasteiger partial charge in [-0.2, -0.15) is 0 Å². The van der Waals surface area contributed by atoms with Crippen LogP contribution in [0.2, 0.25) is 0 Å². The first-order valence-corrected chi connectivity index (χ1v) is 8.34. The number of carbonyl (C=O) groups excluding carboxylic acids is 2. The van der Waals surface area contributed by atoms with Crippen molar-refractivity contribution in [3.8, 4) is 0 Å². The first kappa shape index (κ1) is 16.3. The topological polar surface area (TPSA) is 61.8 Å². The number of amidine groups is 1. The summed E-state index contributed by atoms with van der Waals surface area (Å²) < 4.78 is 0. The van der Waals surface area contributed by atoms with E-state index < -0.39 is 0 Å². The summed E-state index contributed by atoms with van der Waals surface area (Å²) >= 11 is 1.56. The zero-order valence-corrected chi connectivity index (χ0v) is 14.3. The number of amides is 2. The van der Waals surface area contributed by atoms with Gasteiger partial charge >= 0.3 is 0 Å². The summed E-state index contributed by atoms with van der Waals surface area (Å²) in [5.41, 5.74) is 0.0856. The molecular formula is C15H25N3O2S. The van der Waals surface area contributed by atoms with Gasteiger partial charge in [-0.25, -0.2) is 5.01 Å². The highest BCUT2D eigenvalue weighted by molar-refractivity contribution is 8.15. The monoisotopic (exact) mass is 311 g/mol. The molecule has 1 saturated carbocycles. The first-order chi connectivity index (χ1) is 9.67. The normalized spacial score (nSPS) is 29.5. The highest BCUT2D eigenvalue weighted by Gasteiger charge is 2.55. The average molecular weight is 311 g/mol. The fourth-order valence-electron chi connectivity index (χ4n) is 3.56. The van der Waals surface area contributed by atoms with Crippen molar-refractivity contribution in [2.45, 2.75) is 65.2 Å². The van der Waals surface area contributed by atoms with Crippen LogP contribution in [-0.2, 0) is 9.59 Å². The highest BCUT2D eigenvalue weighted by Crippen LogP contribution is 2.55. The maximum Gasteiger partial charge on any atom is 0.240 e. The molecular weight excluding hydrogens is 286 g/mol. The third-order valence-electron chi connectivity index (χ3n) is 4.27. The summed E-state index contributed by atoms with van der Waals surface area (Å²) in [6.07, 6.45) is 4.28. The fraction of sp³-hybridized carbons (Fsp3) is 0.800. The molecule has 21 heavy (non-hydrogen) atoms. The zero-order chi connectivity index (χ0) is 15.8. The number of hydrazone groups is 1. The van der Waals surface area contributed by atoms with E-state index in [4.69, 9.17) is 0 Å². The predicted octanol–water partition coefficient (Wildman–Crippen LogP) is 2.92. The molecule has 0 unspecified atom stereocenters. The number of thioether (sulfide) groups is 1. The van der Waals surface area contributed by atoms with Crippen molar-refractivity contribution in [2.75, 3.05) is 0 Å². The van der Waals surface area contributed by atoms with E-state index in [-0.39, 0.29) is 22.1 Å². The van der Waals surface area contributed by atoms with Crippen LogP contribution in [0.4, 0.5) is 0 Å². The smallest absolute Gasteiger partial charge is 0.240 e. The van der Waals surface area contributed by atoms with Crippen molar-refractivity contribution in [1.82, 2.24) is 10.3 Å². The Morgan fingerprint density at radius 1 is 1.33 bits per heavy atom. The SMILES string of the molecule is CC(=O)NC1=NN(C(C)=O)[C@@]2(CCCC[C@@H]2C(C)(C)C)S1. The summed E-state index contributed by atoms with van der Waals surface area (Å²) in [6.45, 7) is 9.69. The van der Waals surface area contributed by atoms with Crippen LogP contribution >= 0.6 is 11.8 Å². The Kier molecular flexibility index (Phi) is 4.38. The minimum atomic E-state index is -0.347. The molecule has 6 heteroatoms. The van der Waals surface area contributed by atoms with Gasteiger partial charge in [0.25, 0.3) is 0 Å². The molecule has 0 aromatic carbocycles. The number of nitrogens with zero attached hydrogens (tertiary/aromatic N) is 2. The molecule has 2 rings (SSSR count). The molecule has 0 bridgehead atoms. The largest absolute Gasteiger partial charge is 0.304 e. The summed E-state index contributed by atoms with van der Waals surface area (Å²) in [5, 5.41) is 9.32. The Hall–Kier alpha value is -1.04. The van der Waals surface area contributed by atoms with Gasteiger partial charge in [-0.1, -0.05) is 45.4 Å². The van der Waals surface area contributed by atoms with Gasteiger partial charge in [0.05, 0.1) is 0 Å². The van der Waals surface area contributed by atoms with Crippen LogP contribution in [0, 0.1) is 11.3 Å². The lowest BCUT2D eigenvalue weighted by Gasteiger charge is -2.49. The van der Waals surface area contributed by atoms with Gasteiger partial charge in [0.2, 0.25) is 11.8 Å². The molecule has 0 radical (unpaired) electrons. The Balaban J connectivity index is 2.38. The third kappa shape index (κ3) is 3.10. The summed E-state index contributed by atoms with van der Waals surface area (Å²) in [7, 11) is 0. The lowest BCUT2D eigenvalue weighted by molar-refractivity contribution is -0.136. The molecule has 2 atom stereocenters. The van der Waals surface area contributed by atoms with Crippen LogP contribution in [0.25, 0.3) is 0 Å². The second-order valence-electron chi connectivity index (χ2n) is 7.03. The molecule has 1 fully saturated rings. The van der Waals surface area contributed by atoms with Gasteiger partial charge in [-0.05, 0) is 24.2 Å². The summed E-state index contributed by atoms with van der Waals surface area (Å²) in [5.74, 6) is 0.145. The molecule has 2 amide bonds. The second kappa shape index (κ2) is 5.63. The Morgan fingerprint density at radius 2 is 2.00 bits per heavy atom. The standard InChI is InChI=1S/C15H25N3O2S/c1-10(19)16-13-17-18(11(2)20)15(21-13)9-7-6-8-12(15)14(3,4)5/h12H,6-9H2,1-5H3,(H,16,17,19)/t12-,15+/m1/s1. The Labute approximate surface area is 130 Å². The third-order valence-corrected chi connectivity index (χ3v) is 5.66. The van der Waals surface area contributed by atoms with E-state index in [1.807, 2.05) is 0 Å². The van der Waals surface area contributed by atoms with Crippen molar-refractivity contribution in [3.05, 3.63) is 0 Å². The molecule has 0 saturated heterocycles. The van der Waals surface area contributed by atoms with E-state index in [0.29, 0.717) is 11.1 Å². The van der Waals surface area contributed by atoms with Gasteiger partial charge in [0.15, 0.2) is 5.17 Å². The molecule has 5 nitrogen and oxygen atoms in total. The van der Waals surface area contributed by atoms with E-state index in [1.54, 1.807) is 23.7 Å². The van der Waals surface area contributed by atoms with Gasteiger partial charge < -0.3 is 5.32 Å². The van der Waals surface area contributed by atoms with E-state index in [0.717, 1.165) is 19.3 Å². The van der Waals surface area contributed by atoms with Crippen molar-refractivity contribution in [2.24, 2.45) is 16.4 Å². The molecule has 0 aromatic rings. The van der Waals surface area contributed by atoms with Crippen molar-refractivity contribution in [3.63, 3.8) is 0 Å². The van der Waals surface area contributed by atoms with Gasteiger partial charge in [0.1, 0.15) is 4.87 Å².